The Morgan fingerprint density at radius 3 is 2.23 bits per heavy atom. The van der Waals surface area contributed by atoms with Gasteiger partial charge in [-0.3, -0.25) is 4.79 Å². The van der Waals surface area contributed by atoms with Gasteiger partial charge in [-0.15, -0.1) is 0 Å². The maximum atomic E-state index is 11.8. The Kier molecular flexibility index (Phi) is 2.09. The summed E-state index contributed by atoms with van der Waals surface area (Å²) < 4.78 is 0. The van der Waals surface area contributed by atoms with Crippen molar-refractivity contribution in [3.8, 4) is 0 Å². The molecule has 0 N–H and O–H groups in total. The monoisotopic (exact) mass is 181 g/mol. The van der Waals surface area contributed by atoms with Crippen LogP contribution in [0.15, 0.2) is 0 Å². The van der Waals surface area contributed by atoms with Crippen LogP contribution in [0.25, 0.3) is 0 Å². The summed E-state index contributed by atoms with van der Waals surface area (Å²) >= 11 is 0. The van der Waals surface area contributed by atoms with Crippen LogP contribution in [-0.4, -0.2) is 22.4 Å². The zero-order valence-electron chi connectivity index (χ0n) is 8.68. The molecule has 1 saturated carbocycles. The summed E-state index contributed by atoms with van der Waals surface area (Å²) in [5.74, 6) is 0.390. The molecular weight excluding hydrogens is 162 g/mol. The third-order valence-electron chi connectivity index (χ3n) is 3.61. The number of carbonyl (C=O) groups excluding carboxylic acids is 1. The molecule has 1 heterocycles. The van der Waals surface area contributed by atoms with Gasteiger partial charge in [0, 0.05) is 18.0 Å². The number of likely N-dealkylation sites (tertiary alicyclic amines) is 1. The summed E-state index contributed by atoms with van der Waals surface area (Å²) in [6.07, 6.45) is 6.95. The molecule has 0 radical (unpaired) electrons. The molecule has 2 aliphatic rings. The SMILES string of the molecule is CC(C)N1C(=O)CCCC12CCC2. The van der Waals surface area contributed by atoms with E-state index in [1.54, 1.807) is 0 Å². The molecule has 2 rings (SSSR count). The van der Waals surface area contributed by atoms with Crippen LogP contribution in [0.5, 0.6) is 0 Å². The number of carbonyl (C=O) groups is 1. The fourth-order valence-electron chi connectivity index (χ4n) is 2.99. The average Bonchev–Trinajstić information content (AvgIpc) is 2.00. The first-order valence-electron chi connectivity index (χ1n) is 5.48. The summed E-state index contributed by atoms with van der Waals surface area (Å²) in [6.45, 7) is 4.28. The number of amides is 1. The number of hydrogen-bond donors (Lipinski definition) is 0. The normalized spacial score (nSPS) is 26.7. The molecule has 0 aromatic rings. The van der Waals surface area contributed by atoms with Crippen molar-refractivity contribution in [2.75, 3.05) is 0 Å². The molecule has 0 aromatic carbocycles. The van der Waals surface area contributed by atoms with Crippen LogP contribution in [0.3, 0.4) is 0 Å². The highest BCUT2D eigenvalue weighted by atomic mass is 16.2. The molecule has 1 spiro atoms. The third-order valence-corrected chi connectivity index (χ3v) is 3.61. The van der Waals surface area contributed by atoms with Gasteiger partial charge in [-0.05, 0) is 46.0 Å². The molecule has 1 amide bonds. The molecule has 2 fully saturated rings. The Morgan fingerprint density at radius 1 is 1.23 bits per heavy atom. The lowest BCUT2D eigenvalue weighted by Crippen LogP contribution is -2.60. The third kappa shape index (κ3) is 1.27. The molecule has 1 aliphatic heterocycles. The van der Waals surface area contributed by atoms with Crippen molar-refractivity contribution in [1.29, 1.82) is 0 Å². The van der Waals surface area contributed by atoms with E-state index in [1.807, 2.05) is 0 Å². The van der Waals surface area contributed by atoms with Crippen LogP contribution >= 0.6 is 0 Å². The van der Waals surface area contributed by atoms with Crippen LogP contribution in [0.2, 0.25) is 0 Å². The van der Waals surface area contributed by atoms with Crippen LogP contribution in [0.4, 0.5) is 0 Å². The van der Waals surface area contributed by atoms with Crippen molar-refractivity contribution < 1.29 is 4.79 Å². The van der Waals surface area contributed by atoms with Gasteiger partial charge in [0.2, 0.25) is 5.91 Å². The largest absolute Gasteiger partial charge is 0.335 e. The highest BCUT2D eigenvalue weighted by molar-refractivity contribution is 5.78. The Balaban J connectivity index is 2.19. The number of hydrogen-bond acceptors (Lipinski definition) is 1. The second-order valence-corrected chi connectivity index (χ2v) is 4.79. The van der Waals surface area contributed by atoms with E-state index >= 15 is 0 Å². The standard InChI is InChI=1S/C11H19NO/c1-9(2)12-10(13)5-3-6-11(12)7-4-8-11/h9H,3-8H2,1-2H3. The summed E-state index contributed by atoms with van der Waals surface area (Å²) in [5.41, 5.74) is 0.295. The molecule has 2 heteroatoms. The van der Waals surface area contributed by atoms with E-state index in [0.29, 0.717) is 17.5 Å². The minimum atomic E-state index is 0.295. The van der Waals surface area contributed by atoms with E-state index in [9.17, 15) is 4.79 Å². The van der Waals surface area contributed by atoms with Crippen molar-refractivity contribution in [2.45, 2.75) is 64.0 Å². The quantitative estimate of drug-likeness (QED) is 0.608. The lowest BCUT2D eigenvalue weighted by atomic mass is 9.69. The van der Waals surface area contributed by atoms with E-state index in [1.165, 1.54) is 25.7 Å². The van der Waals surface area contributed by atoms with Gasteiger partial charge in [-0.25, -0.2) is 0 Å². The minimum Gasteiger partial charge on any atom is -0.335 e. The fraction of sp³-hybridized carbons (Fsp3) is 0.909. The smallest absolute Gasteiger partial charge is 0.223 e. The molecule has 0 aromatic heterocycles. The van der Waals surface area contributed by atoms with Gasteiger partial charge in [-0.1, -0.05) is 0 Å². The molecule has 1 aliphatic carbocycles. The van der Waals surface area contributed by atoms with Crippen molar-refractivity contribution in [3.05, 3.63) is 0 Å². The summed E-state index contributed by atoms with van der Waals surface area (Å²) in [5, 5.41) is 0. The highest BCUT2D eigenvalue weighted by Gasteiger charge is 2.47. The number of piperidine rings is 1. The minimum absolute atomic E-state index is 0.295. The summed E-state index contributed by atoms with van der Waals surface area (Å²) in [7, 11) is 0. The van der Waals surface area contributed by atoms with E-state index in [4.69, 9.17) is 0 Å². The number of nitrogens with zero attached hydrogens (tertiary/aromatic N) is 1. The predicted molar refractivity (Wildman–Crippen MR) is 52.4 cm³/mol. The molecule has 1 saturated heterocycles. The first-order chi connectivity index (χ1) is 6.16. The van der Waals surface area contributed by atoms with E-state index in [2.05, 4.69) is 18.7 Å². The maximum Gasteiger partial charge on any atom is 0.223 e. The van der Waals surface area contributed by atoms with Gasteiger partial charge in [0.05, 0.1) is 0 Å². The number of rotatable bonds is 1. The van der Waals surface area contributed by atoms with Crippen LogP contribution in [-0.2, 0) is 4.79 Å². The van der Waals surface area contributed by atoms with Crippen molar-refractivity contribution in [3.63, 3.8) is 0 Å². The van der Waals surface area contributed by atoms with Gasteiger partial charge >= 0.3 is 0 Å². The highest BCUT2D eigenvalue weighted by Crippen LogP contribution is 2.45. The maximum absolute atomic E-state index is 11.8. The molecule has 0 unspecified atom stereocenters. The van der Waals surface area contributed by atoms with Crippen LogP contribution < -0.4 is 0 Å². The molecule has 0 atom stereocenters. The van der Waals surface area contributed by atoms with Gasteiger partial charge in [0.25, 0.3) is 0 Å². The van der Waals surface area contributed by atoms with Crippen molar-refractivity contribution in [1.82, 2.24) is 4.90 Å². The van der Waals surface area contributed by atoms with E-state index in [0.717, 1.165) is 12.8 Å². The lowest BCUT2D eigenvalue weighted by molar-refractivity contribution is -0.150. The predicted octanol–water partition coefficient (Wildman–Crippen LogP) is 2.33. The van der Waals surface area contributed by atoms with Crippen molar-refractivity contribution in [2.24, 2.45) is 0 Å². The first kappa shape index (κ1) is 9.04. The van der Waals surface area contributed by atoms with Gasteiger partial charge < -0.3 is 4.90 Å². The topological polar surface area (TPSA) is 20.3 Å². The van der Waals surface area contributed by atoms with Crippen molar-refractivity contribution >= 4 is 5.91 Å². The van der Waals surface area contributed by atoms with Crippen LogP contribution in [0, 0.1) is 0 Å². The van der Waals surface area contributed by atoms with E-state index < -0.39 is 0 Å². The summed E-state index contributed by atoms with van der Waals surface area (Å²) in [4.78, 5) is 13.9. The Labute approximate surface area is 80.3 Å². The molecule has 0 bridgehead atoms. The van der Waals surface area contributed by atoms with Gasteiger partial charge in [-0.2, -0.15) is 0 Å². The molecular formula is C11H19NO. The Morgan fingerprint density at radius 2 is 1.85 bits per heavy atom. The first-order valence-corrected chi connectivity index (χ1v) is 5.48. The average molecular weight is 181 g/mol. The molecule has 2 nitrogen and oxygen atoms in total. The molecule has 13 heavy (non-hydrogen) atoms. The zero-order chi connectivity index (χ0) is 9.47. The zero-order valence-corrected chi connectivity index (χ0v) is 8.68. The lowest BCUT2D eigenvalue weighted by Gasteiger charge is -2.55. The Hall–Kier alpha value is -0.530. The summed E-state index contributed by atoms with van der Waals surface area (Å²) in [6, 6.07) is 0.396. The fourth-order valence-corrected chi connectivity index (χ4v) is 2.99. The van der Waals surface area contributed by atoms with E-state index in [-0.39, 0.29) is 0 Å². The van der Waals surface area contributed by atoms with Crippen LogP contribution in [0.1, 0.15) is 52.4 Å². The molecule has 74 valence electrons. The van der Waals surface area contributed by atoms with Gasteiger partial charge in [0.1, 0.15) is 0 Å². The second kappa shape index (κ2) is 3.00. The Bertz CT molecular complexity index is 218. The van der Waals surface area contributed by atoms with Gasteiger partial charge in [0.15, 0.2) is 0 Å². The second-order valence-electron chi connectivity index (χ2n) is 4.79.